The first-order chi connectivity index (χ1) is 9.42. The van der Waals surface area contributed by atoms with Gasteiger partial charge in [-0.05, 0) is 42.0 Å². The molecule has 1 N–H and O–H groups in total. The topological polar surface area (TPSA) is 12.0 Å². The number of rotatable bonds is 5. The number of hydrogen-bond donors (Lipinski definition) is 1. The molecule has 2 aromatic rings. The molecular weight excluding hydrogens is 230 g/mol. The summed E-state index contributed by atoms with van der Waals surface area (Å²) in [6.45, 7) is 2.17. The van der Waals surface area contributed by atoms with E-state index in [0.717, 1.165) is 12.5 Å². The van der Waals surface area contributed by atoms with Crippen LogP contribution in [0.4, 0.5) is 0 Å². The molecule has 0 heterocycles. The van der Waals surface area contributed by atoms with Crippen LogP contribution in [0.1, 0.15) is 24.8 Å². The predicted molar refractivity (Wildman–Crippen MR) is 80.9 cm³/mol. The van der Waals surface area contributed by atoms with Crippen molar-refractivity contribution in [3.05, 3.63) is 60.2 Å². The lowest BCUT2D eigenvalue weighted by Gasteiger charge is -2.25. The van der Waals surface area contributed by atoms with Crippen LogP contribution in [0.15, 0.2) is 54.6 Å². The van der Waals surface area contributed by atoms with Crippen molar-refractivity contribution in [3.8, 4) is 11.1 Å². The van der Waals surface area contributed by atoms with Crippen LogP contribution in [0.2, 0.25) is 0 Å². The first-order valence-corrected chi connectivity index (χ1v) is 7.27. The highest BCUT2D eigenvalue weighted by atomic mass is 14.9. The summed E-state index contributed by atoms with van der Waals surface area (Å²) >= 11 is 0. The molecule has 3 rings (SSSR count). The summed E-state index contributed by atoms with van der Waals surface area (Å²) in [6.07, 6.45) is 4.26. The second-order valence-electron chi connectivity index (χ2n) is 5.49. The molecule has 0 amide bonds. The fourth-order valence-corrected chi connectivity index (χ4v) is 2.56. The van der Waals surface area contributed by atoms with Crippen molar-refractivity contribution < 1.29 is 0 Å². The Morgan fingerprint density at radius 1 is 0.842 bits per heavy atom. The average molecular weight is 251 g/mol. The third kappa shape index (κ3) is 3.24. The van der Waals surface area contributed by atoms with Crippen LogP contribution in [0.5, 0.6) is 0 Å². The Bertz CT molecular complexity index is 497. The summed E-state index contributed by atoms with van der Waals surface area (Å²) < 4.78 is 0. The van der Waals surface area contributed by atoms with Gasteiger partial charge in [-0.25, -0.2) is 0 Å². The number of hydrogen-bond acceptors (Lipinski definition) is 1. The van der Waals surface area contributed by atoms with Crippen molar-refractivity contribution >= 4 is 0 Å². The van der Waals surface area contributed by atoms with Gasteiger partial charge in [0.2, 0.25) is 0 Å². The second-order valence-corrected chi connectivity index (χ2v) is 5.49. The minimum Gasteiger partial charge on any atom is -0.312 e. The minimum absolute atomic E-state index is 0.934. The summed E-state index contributed by atoms with van der Waals surface area (Å²) in [5.41, 5.74) is 3.96. The van der Waals surface area contributed by atoms with E-state index in [4.69, 9.17) is 0 Å². The molecule has 1 nitrogen and oxygen atoms in total. The van der Waals surface area contributed by atoms with Crippen molar-refractivity contribution in [2.45, 2.75) is 25.8 Å². The van der Waals surface area contributed by atoms with Gasteiger partial charge >= 0.3 is 0 Å². The molecular formula is C18H21N. The van der Waals surface area contributed by atoms with Gasteiger partial charge in [0.05, 0.1) is 0 Å². The quantitative estimate of drug-likeness (QED) is 0.838. The zero-order valence-electron chi connectivity index (χ0n) is 11.3. The van der Waals surface area contributed by atoms with E-state index in [-0.39, 0.29) is 0 Å². The van der Waals surface area contributed by atoms with Crippen molar-refractivity contribution in [3.63, 3.8) is 0 Å². The third-order valence-electron chi connectivity index (χ3n) is 4.05. The van der Waals surface area contributed by atoms with Crippen LogP contribution < -0.4 is 5.32 Å². The second kappa shape index (κ2) is 6.03. The number of benzene rings is 2. The van der Waals surface area contributed by atoms with E-state index in [1.165, 1.54) is 42.5 Å². The molecule has 0 bridgehead atoms. The monoisotopic (exact) mass is 251 g/mol. The Morgan fingerprint density at radius 3 is 2.16 bits per heavy atom. The first kappa shape index (κ1) is 12.4. The smallest absolute Gasteiger partial charge is 0.0205 e. The standard InChI is InChI=1S/C18H21N/c1-2-7-17(8-3-1)18-11-9-16(10-12-18)14-19-13-15-5-4-6-15/h1-3,7-12,15,19H,4-6,13-14H2. The van der Waals surface area contributed by atoms with Crippen LogP contribution in [0, 0.1) is 5.92 Å². The third-order valence-corrected chi connectivity index (χ3v) is 4.05. The largest absolute Gasteiger partial charge is 0.312 e. The molecule has 2 aromatic carbocycles. The van der Waals surface area contributed by atoms with Gasteiger partial charge in [-0.3, -0.25) is 0 Å². The summed E-state index contributed by atoms with van der Waals surface area (Å²) in [6, 6.07) is 19.4. The molecule has 1 aliphatic rings. The minimum atomic E-state index is 0.934. The Hall–Kier alpha value is -1.60. The maximum absolute atomic E-state index is 3.56. The van der Waals surface area contributed by atoms with E-state index in [1.54, 1.807) is 0 Å². The van der Waals surface area contributed by atoms with Gasteiger partial charge in [-0.2, -0.15) is 0 Å². The zero-order chi connectivity index (χ0) is 12.9. The number of nitrogens with one attached hydrogen (secondary N) is 1. The lowest BCUT2D eigenvalue weighted by atomic mass is 9.85. The molecule has 0 unspecified atom stereocenters. The highest BCUT2D eigenvalue weighted by Crippen LogP contribution is 2.25. The van der Waals surface area contributed by atoms with E-state index in [9.17, 15) is 0 Å². The van der Waals surface area contributed by atoms with Gasteiger partial charge < -0.3 is 5.32 Å². The molecule has 0 aliphatic heterocycles. The van der Waals surface area contributed by atoms with Crippen LogP contribution in [-0.4, -0.2) is 6.54 Å². The molecule has 0 radical (unpaired) electrons. The maximum Gasteiger partial charge on any atom is 0.0205 e. The molecule has 1 heteroatoms. The Balaban J connectivity index is 1.56. The van der Waals surface area contributed by atoms with Gasteiger partial charge in [-0.15, -0.1) is 0 Å². The Labute approximate surface area is 115 Å². The predicted octanol–water partition coefficient (Wildman–Crippen LogP) is 4.24. The van der Waals surface area contributed by atoms with Gasteiger partial charge in [0.25, 0.3) is 0 Å². The molecule has 0 atom stereocenters. The van der Waals surface area contributed by atoms with Crippen LogP contribution >= 0.6 is 0 Å². The Morgan fingerprint density at radius 2 is 1.53 bits per heavy atom. The van der Waals surface area contributed by atoms with E-state index in [2.05, 4.69) is 59.9 Å². The summed E-state index contributed by atoms with van der Waals surface area (Å²) in [7, 11) is 0. The summed E-state index contributed by atoms with van der Waals surface area (Å²) in [5, 5.41) is 3.56. The molecule has 0 aromatic heterocycles. The fourth-order valence-electron chi connectivity index (χ4n) is 2.56. The fraction of sp³-hybridized carbons (Fsp3) is 0.333. The molecule has 19 heavy (non-hydrogen) atoms. The molecule has 1 fully saturated rings. The highest BCUT2D eigenvalue weighted by molar-refractivity contribution is 5.63. The van der Waals surface area contributed by atoms with Crippen LogP contribution in [0.25, 0.3) is 11.1 Å². The maximum atomic E-state index is 3.56. The van der Waals surface area contributed by atoms with Gasteiger partial charge in [-0.1, -0.05) is 61.0 Å². The first-order valence-electron chi connectivity index (χ1n) is 7.27. The molecule has 0 spiro atoms. The Kier molecular flexibility index (Phi) is 3.95. The molecule has 0 saturated heterocycles. The van der Waals surface area contributed by atoms with E-state index in [1.807, 2.05) is 0 Å². The SMILES string of the molecule is c1ccc(-c2ccc(CNCC3CCC3)cc2)cc1. The van der Waals surface area contributed by atoms with Crippen LogP contribution in [0.3, 0.4) is 0 Å². The molecule has 1 aliphatic carbocycles. The van der Waals surface area contributed by atoms with Gasteiger partial charge in [0, 0.05) is 6.54 Å². The van der Waals surface area contributed by atoms with Crippen LogP contribution in [-0.2, 0) is 6.54 Å². The van der Waals surface area contributed by atoms with E-state index >= 15 is 0 Å². The molecule has 1 saturated carbocycles. The molecule has 98 valence electrons. The van der Waals surface area contributed by atoms with Crippen molar-refractivity contribution in [1.29, 1.82) is 0 Å². The zero-order valence-corrected chi connectivity index (χ0v) is 11.3. The lowest BCUT2D eigenvalue weighted by molar-refractivity contribution is 0.301. The summed E-state index contributed by atoms with van der Waals surface area (Å²) in [4.78, 5) is 0. The average Bonchev–Trinajstić information content (AvgIpc) is 2.43. The normalized spacial score (nSPS) is 15.2. The van der Waals surface area contributed by atoms with Crippen molar-refractivity contribution in [2.24, 2.45) is 5.92 Å². The lowest BCUT2D eigenvalue weighted by Crippen LogP contribution is -2.26. The van der Waals surface area contributed by atoms with Crippen molar-refractivity contribution in [2.75, 3.05) is 6.54 Å². The highest BCUT2D eigenvalue weighted by Gasteiger charge is 2.16. The van der Waals surface area contributed by atoms with Gasteiger partial charge in [0.15, 0.2) is 0 Å². The summed E-state index contributed by atoms with van der Waals surface area (Å²) in [5.74, 6) is 0.934. The van der Waals surface area contributed by atoms with Crippen molar-refractivity contribution in [1.82, 2.24) is 5.32 Å². The van der Waals surface area contributed by atoms with E-state index < -0.39 is 0 Å². The van der Waals surface area contributed by atoms with Gasteiger partial charge in [0.1, 0.15) is 0 Å². The van der Waals surface area contributed by atoms with E-state index in [0.29, 0.717) is 0 Å².